The highest BCUT2D eigenvalue weighted by molar-refractivity contribution is 5.09. The SMILES string of the molecule is Fc1ccc(C2CNCC3(CCCCC3)CO2)nc1. The Morgan fingerprint density at radius 3 is 2.84 bits per heavy atom. The van der Waals surface area contributed by atoms with E-state index in [1.807, 2.05) is 0 Å². The summed E-state index contributed by atoms with van der Waals surface area (Å²) in [5.41, 5.74) is 1.13. The van der Waals surface area contributed by atoms with Gasteiger partial charge in [0, 0.05) is 18.5 Å². The minimum atomic E-state index is -0.297. The molecule has 1 aromatic heterocycles. The molecule has 2 heterocycles. The molecular weight excluding hydrogens is 243 g/mol. The van der Waals surface area contributed by atoms with Crippen molar-refractivity contribution in [2.75, 3.05) is 19.7 Å². The number of halogens is 1. The first-order valence-electron chi connectivity index (χ1n) is 7.21. The van der Waals surface area contributed by atoms with Crippen LogP contribution in [0.1, 0.15) is 43.9 Å². The van der Waals surface area contributed by atoms with E-state index in [4.69, 9.17) is 4.74 Å². The maximum absolute atomic E-state index is 12.9. The molecule has 2 aliphatic rings. The summed E-state index contributed by atoms with van der Waals surface area (Å²) in [5.74, 6) is -0.297. The predicted octanol–water partition coefficient (Wildman–Crippen LogP) is 2.83. The Labute approximate surface area is 113 Å². The van der Waals surface area contributed by atoms with Gasteiger partial charge in [-0.15, -0.1) is 0 Å². The fourth-order valence-corrected chi connectivity index (χ4v) is 3.25. The second-order valence-electron chi connectivity index (χ2n) is 5.89. The van der Waals surface area contributed by atoms with Crippen LogP contribution in [0, 0.1) is 11.2 Å². The molecule has 0 bridgehead atoms. The molecule has 1 aliphatic carbocycles. The summed E-state index contributed by atoms with van der Waals surface area (Å²) in [6.07, 6.45) is 7.69. The van der Waals surface area contributed by atoms with E-state index >= 15 is 0 Å². The van der Waals surface area contributed by atoms with Crippen LogP contribution < -0.4 is 5.32 Å². The van der Waals surface area contributed by atoms with E-state index in [1.165, 1.54) is 44.4 Å². The Morgan fingerprint density at radius 2 is 2.11 bits per heavy atom. The molecule has 1 aliphatic heterocycles. The molecule has 19 heavy (non-hydrogen) atoms. The lowest BCUT2D eigenvalue weighted by molar-refractivity contribution is -0.00312. The minimum absolute atomic E-state index is 0.0538. The molecule has 1 N–H and O–H groups in total. The molecule has 0 amide bonds. The molecule has 1 spiro atoms. The highest BCUT2D eigenvalue weighted by Crippen LogP contribution is 2.38. The molecule has 0 aromatic carbocycles. The van der Waals surface area contributed by atoms with Crippen LogP contribution in [0.4, 0.5) is 4.39 Å². The van der Waals surface area contributed by atoms with E-state index in [1.54, 1.807) is 6.07 Å². The van der Waals surface area contributed by atoms with Gasteiger partial charge in [0.05, 0.1) is 18.5 Å². The van der Waals surface area contributed by atoms with E-state index in [-0.39, 0.29) is 11.9 Å². The van der Waals surface area contributed by atoms with Crippen molar-refractivity contribution in [3.63, 3.8) is 0 Å². The molecule has 1 saturated carbocycles. The number of aromatic nitrogens is 1. The zero-order valence-electron chi connectivity index (χ0n) is 11.2. The van der Waals surface area contributed by atoms with E-state index in [2.05, 4.69) is 10.3 Å². The van der Waals surface area contributed by atoms with Gasteiger partial charge in [0.15, 0.2) is 0 Å². The van der Waals surface area contributed by atoms with Crippen LogP contribution >= 0.6 is 0 Å². The van der Waals surface area contributed by atoms with Gasteiger partial charge >= 0.3 is 0 Å². The molecule has 3 rings (SSSR count). The third-order valence-corrected chi connectivity index (χ3v) is 4.41. The van der Waals surface area contributed by atoms with Gasteiger partial charge in [-0.25, -0.2) is 4.39 Å². The third-order valence-electron chi connectivity index (χ3n) is 4.41. The first kappa shape index (κ1) is 13.0. The van der Waals surface area contributed by atoms with Gasteiger partial charge in [0.25, 0.3) is 0 Å². The Kier molecular flexibility index (Phi) is 3.80. The highest BCUT2D eigenvalue weighted by atomic mass is 19.1. The average Bonchev–Trinajstić information content (AvgIpc) is 2.64. The van der Waals surface area contributed by atoms with Crippen LogP contribution in [-0.4, -0.2) is 24.7 Å². The number of nitrogens with zero attached hydrogens (tertiary/aromatic N) is 1. The van der Waals surface area contributed by atoms with Crippen molar-refractivity contribution in [3.05, 3.63) is 29.8 Å². The van der Waals surface area contributed by atoms with E-state index in [0.717, 1.165) is 25.4 Å². The maximum atomic E-state index is 12.9. The second kappa shape index (κ2) is 5.55. The van der Waals surface area contributed by atoms with Crippen LogP contribution in [0.15, 0.2) is 18.3 Å². The van der Waals surface area contributed by atoms with Gasteiger partial charge in [-0.3, -0.25) is 4.98 Å². The number of hydrogen-bond acceptors (Lipinski definition) is 3. The van der Waals surface area contributed by atoms with Gasteiger partial charge in [-0.2, -0.15) is 0 Å². The molecule has 1 unspecified atom stereocenters. The molecule has 1 atom stereocenters. The van der Waals surface area contributed by atoms with E-state index in [0.29, 0.717) is 5.41 Å². The molecule has 1 aromatic rings. The zero-order chi connectivity index (χ0) is 13.1. The summed E-state index contributed by atoms with van der Waals surface area (Å²) in [5, 5.41) is 3.51. The van der Waals surface area contributed by atoms with Crippen LogP contribution in [0.2, 0.25) is 0 Å². The van der Waals surface area contributed by atoms with Crippen molar-refractivity contribution in [2.24, 2.45) is 5.41 Å². The summed E-state index contributed by atoms with van der Waals surface area (Å²) in [7, 11) is 0. The van der Waals surface area contributed by atoms with Crippen molar-refractivity contribution in [3.8, 4) is 0 Å². The van der Waals surface area contributed by atoms with Gasteiger partial charge in [0.1, 0.15) is 11.9 Å². The molecule has 4 heteroatoms. The fraction of sp³-hybridized carbons (Fsp3) is 0.667. The number of rotatable bonds is 1. The summed E-state index contributed by atoms with van der Waals surface area (Å²) in [6.45, 7) is 2.59. The van der Waals surface area contributed by atoms with Crippen LogP contribution in [0.3, 0.4) is 0 Å². The standard InChI is InChI=1S/C15H21FN2O/c16-12-4-5-13(18-8-12)14-9-17-10-15(11-19-14)6-2-1-3-7-15/h4-5,8,14,17H,1-3,6-7,9-11H2. The minimum Gasteiger partial charge on any atom is -0.370 e. The lowest BCUT2D eigenvalue weighted by Gasteiger charge is -2.35. The van der Waals surface area contributed by atoms with Crippen molar-refractivity contribution in [2.45, 2.75) is 38.2 Å². The van der Waals surface area contributed by atoms with Crippen molar-refractivity contribution in [1.29, 1.82) is 0 Å². The van der Waals surface area contributed by atoms with E-state index in [9.17, 15) is 4.39 Å². The second-order valence-corrected chi connectivity index (χ2v) is 5.89. The quantitative estimate of drug-likeness (QED) is 0.847. The van der Waals surface area contributed by atoms with Crippen LogP contribution in [-0.2, 0) is 4.74 Å². The largest absolute Gasteiger partial charge is 0.370 e. The highest BCUT2D eigenvalue weighted by Gasteiger charge is 2.35. The molecule has 1 saturated heterocycles. The first-order chi connectivity index (χ1) is 9.27. The zero-order valence-corrected chi connectivity index (χ0v) is 11.2. The van der Waals surface area contributed by atoms with Gasteiger partial charge in [-0.1, -0.05) is 19.3 Å². The Morgan fingerprint density at radius 1 is 1.26 bits per heavy atom. The third kappa shape index (κ3) is 2.95. The summed E-state index contributed by atoms with van der Waals surface area (Å²) < 4.78 is 19.0. The van der Waals surface area contributed by atoms with Crippen molar-refractivity contribution >= 4 is 0 Å². The number of hydrogen-bond donors (Lipinski definition) is 1. The van der Waals surface area contributed by atoms with Gasteiger partial charge < -0.3 is 10.1 Å². The molecular formula is C15H21FN2O. The maximum Gasteiger partial charge on any atom is 0.141 e. The van der Waals surface area contributed by atoms with Gasteiger partial charge in [0.2, 0.25) is 0 Å². The number of nitrogens with one attached hydrogen (secondary N) is 1. The smallest absolute Gasteiger partial charge is 0.141 e. The number of ether oxygens (including phenoxy) is 1. The Balaban J connectivity index is 1.68. The number of pyridine rings is 1. The topological polar surface area (TPSA) is 34.1 Å². The van der Waals surface area contributed by atoms with Crippen LogP contribution in [0.5, 0.6) is 0 Å². The average molecular weight is 264 g/mol. The molecule has 104 valence electrons. The fourth-order valence-electron chi connectivity index (χ4n) is 3.25. The lowest BCUT2D eigenvalue weighted by Crippen LogP contribution is -2.37. The van der Waals surface area contributed by atoms with Gasteiger partial charge in [-0.05, 0) is 25.0 Å². The summed E-state index contributed by atoms with van der Waals surface area (Å²) >= 11 is 0. The molecule has 0 radical (unpaired) electrons. The summed E-state index contributed by atoms with van der Waals surface area (Å²) in [4.78, 5) is 4.14. The normalized spacial score (nSPS) is 27.1. The lowest BCUT2D eigenvalue weighted by atomic mass is 9.75. The van der Waals surface area contributed by atoms with E-state index < -0.39 is 0 Å². The first-order valence-corrected chi connectivity index (χ1v) is 7.21. The molecule has 2 fully saturated rings. The van der Waals surface area contributed by atoms with Crippen LogP contribution in [0.25, 0.3) is 0 Å². The van der Waals surface area contributed by atoms with Crippen molar-refractivity contribution in [1.82, 2.24) is 10.3 Å². The summed E-state index contributed by atoms with van der Waals surface area (Å²) in [6, 6.07) is 3.17. The Bertz CT molecular complexity index is 415. The predicted molar refractivity (Wildman–Crippen MR) is 71.3 cm³/mol. The molecule has 3 nitrogen and oxygen atoms in total. The monoisotopic (exact) mass is 264 g/mol. The Hall–Kier alpha value is -1.00. The van der Waals surface area contributed by atoms with Crippen molar-refractivity contribution < 1.29 is 9.13 Å².